The van der Waals surface area contributed by atoms with E-state index < -0.39 is 5.60 Å². The minimum atomic E-state index is -0.928. The Bertz CT molecular complexity index is 271. The predicted octanol–water partition coefficient (Wildman–Crippen LogP) is 1.98. The van der Waals surface area contributed by atoms with Gasteiger partial charge in [-0.1, -0.05) is 30.3 Å². The second-order valence-electron chi connectivity index (χ2n) is 3.06. The van der Waals surface area contributed by atoms with Crippen LogP contribution in [0.1, 0.15) is 18.9 Å². The Morgan fingerprint density at radius 3 is 2.54 bits per heavy atom. The molecule has 0 aliphatic heterocycles. The summed E-state index contributed by atoms with van der Waals surface area (Å²) in [6.45, 7) is 1.66. The van der Waals surface area contributed by atoms with E-state index in [1.807, 2.05) is 18.2 Å². The van der Waals surface area contributed by atoms with Gasteiger partial charge in [0.25, 0.3) is 0 Å². The highest BCUT2D eigenvalue weighted by Crippen LogP contribution is 2.26. The van der Waals surface area contributed by atoms with E-state index >= 15 is 0 Å². The van der Waals surface area contributed by atoms with E-state index in [1.54, 1.807) is 19.1 Å². The van der Waals surface area contributed by atoms with Crippen LogP contribution in [-0.2, 0) is 15.3 Å². The van der Waals surface area contributed by atoms with Gasteiger partial charge in [-0.3, -0.25) is 5.26 Å². The molecule has 1 unspecified atom stereocenters. The number of hydrogen-bond acceptors (Lipinski definition) is 3. The molecule has 0 saturated carbocycles. The van der Waals surface area contributed by atoms with Gasteiger partial charge in [0, 0.05) is 6.42 Å². The lowest BCUT2D eigenvalue weighted by Crippen LogP contribution is -2.24. The smallest absolute Gasteiger partial charge is 0.132 e. The van der Waals surface area contributed by atoms with Gasteiger partial charge in [0.15, 0.2) is 0 Å². The molecule has 0 radical (unpaired) electrons. The number of carbonyl (C=O) groups is 1. The van der Waals surface area contributed by atoms with Crippen molar-refractivity contribution in [2.75, 3.05) is 0 Å². The van der Waals surface area contributed by atoms with E-state index in [4.69, 9.17) is 5.26 Å². The quantitative estimate of drug-likeness (QED) is 0.438. The van der Waals surface area contributed by atoms with E-state index in [1.165, 1.54) is 0 Å². The fourth-order valence-electron chi connectivity index (χ4n) is 1.16. The molecule has 1 rings (SSSR count). The van der Waals surface area contributed by atoms with Crippen molar-refractivity contribution in [2.45, 2.75) is 18.9 Å². The van der Waals surface area contributed by atoms with E-state index in [-0.39, 0.29) is 6.42 Å². The van der Waals surface area contributed by atoms with E-state index in [0.717, 1.165) is 11.8 Å². The van der Waals surface area contributed by atoms with Crippen molar-refractivity contribution >= 4 is 6.29 Å². The van der Waals surface area contributed by atoms with Gasteiger partial charge in [-0.15, -0.1) is 0 Å². The SMILES string of the molecule is CC(CC=O)(OO)c1ccccc1. The fraction of sp³-hybridized carbons (Fsp3) is 0.300. The van der Waals surface area contributed by atoms with E-state index in [0.29, 0.717) is 0 Å². The van der Waals surface area contributed by atoms with Crippen LogP contribution in [0.3, 0.4) is 0 Å². The molecule has 1 aromatic carbocycles. The number of aldehydes is 1. The highest BCUT2D eigenvalue weighted by atomic mass is 17.1. The molecule has 0 aliphatic carbocycles. The lowest BCUT2D eigenvalue weighted by molar-refractivity contribution is -0.323. The maximum Gasteiger partial charge on any atom is 0.132 e. The molecule has 0 aromatic heterocycles. The molecular formula is C10H12O3. The average molecular weight is 180 g/mol. The highest BCUT2D eigenvalue weighted by Gasteiger charge is 2.27. The van der Waals surface area contributed by atoms with E-state index in [2.05, 4.69) is 4.89 Å². The normalized spacial score (nSPS) is 14.9. The first-order chi connectivity index (χ1) is 6.23. The first-order valence-corrected chi connectivity index (χ1v) is 4.04. The highest BCUT2D eigenvalue weighted by molar-refractivity contribution is 5.52. The Hall–Kier alpha value is -1.19. The molecule has 1 N–H and O–H groups in total. The van der Waals surface area contributed by atoms with Crippen LogP contribution in [0.5, 0.6) is 0 Å². The van der Waals surface area contributed by atoms with Crippen molar-refractivity contribution in [2.24, 2.45) is 0 Å². The van der Waals surface area contributed by atoms with Crippen LogP contribution < -0.4 is 0 Å². The zero-order valence-corrected chi connectivity index (χ0v) is 7.43. The first-order valence-electron chi connectivity index (χ1n) is 4.04. The Labute approximate surface area is 76.9 Å². The molecule has 0 spiro atoms. The summed E-state index contributed by atoms with van der Waals surface area (Å²) in [4.78, 5) is 14.7. The summed E-state index contributed by atoms with van der Waals surface area (Å²) in [5, 5.41) is 8.71. The topological polar surface area (TPSA) is 46.5 Å². The molecule has 0 aliphatic rings. The Balaban J connectivity index is 2.95. The van der Waals surface area contributed by atoms with Gasteiger partial charge >= 0.3 is 0 Å². The zero-order valence-electron chi connectivity index (χ0n) is 7.43. The van der Waals surface area contributed by atoms with Crippen LogP contribution in [-0.4, -0.2) is 11.5 Å². The molecule has 1 atom stereocenters. The molecule has 0 bridgehead atoms. The van der Waals surface area contributed by atoms with Crippen LogP contribution in [0.25, 0.3) is 0 Å². The van der Waals surface area contributed by atoms with Crippen molar-refractivity contribution in [1.29, 1.82) is 0 Å². The van der Waals surface area contributed by atoms with Crippen molar-refractivity contribution in [3.8, 4) is 0 Å². The molecule has 3 heteroatoms. The van der Waals surface area contributed by atoms with Gasteiger partial charge in [0.05, 0.1) is 0 Å². The molecule has 0 amide bonds. The van der Waals surface area contributed by atoms with Crippen LogP contribution in [0.4, 0.5) is 0 Å². The predicted molar refractivity (Wildman–Crippen MR) is 48.2 cm³/mol. The van der Waals surface area contributed by atoms with Crippen molar-refractivity contribution in [1.82, 2.24) is 0 Å². The maximum atomic E-state index is 10.4. The summed E-state index contributed by atoms with van der Waals surface area (Å²) >= 11 is 0. The summed E-state index contributed by atoms with van der Waals surface area (Å²) in [5.74, 6) is 0. The maximum absolute atomic E-state index is 10.4. The molecule has 0 heterocycles. The monoisotopic (exact) mass is 180 g/mol. The lowest BCUT2D eigenvalue weighted by atomic mass is 9.93. The number of hydrogen-bond donors (Lipinski definition) is 1. The fourth-order valence-corrected chi connectivity index (χ4v) is 1.16. The first kappa shape index (κ1) is 9.89. The van der Waals surface area contributed by atoms with Crippen LogP contribution >= 0.6 is 0 Å². The Morgan fingerprint density at radius 1 is 1.46 bits per heavy atom. The molecule has 0 fully saturated rings. The minimum absolute atomic E-state index is 0.132. The Morgan fingerprint density at radius 2 is 2.08 bits per heavy atom. The average Bonchev–Trinajstić information content (AvgIpc) is 2.19. The molecular weight excluding hydrogens is 168 g/mol. The van der Waals surface area contributed by atoms with Gasteiger partial charge in [-0.25, -0.2) is 4.89 Å². The third-order valence-corrected chi connectivity index (χ3v) is 2.06. The summed E-state index contributed by atoms with van der Waals surface area (Å²) in [7, 11) is 0. The van der Waals surface area contributed by atoms with Crippen molar-refractivity contribution in [3.63, 3.8) is 0 Å². The Kier molecular flexibility index (Phi) is 3.17. The molecule has 3 nitrogen and oxygen atoms in total. The van der Waals surface area contributed by atoms with Gasteiger partial charge in [0.2, 0.25) is 0 Å². The second kappa shape index (κ2) is 4.16. The standard InChI is InChI=1S/C10H12O3/c1-10(13-12,7-8-11)9-5-3-2-4-6-9/h2-6,8,12H,7H2,1H3. The number of benzene rings is 1. The third kappa shape index (κ3) is 2.14. The zero-order chi connectivity index (χ0) is 9.73. The van der Waals surface area contributed by atoms with Crippen LogP contribution in [0, 0.1) is 0 Å². The van der Waals surface area contributed by atoms with E-state index in [9.17, 15) is 4.79 Å². The van der Waals surface area contributed by atoms with Crippen LogP contribution in [0.15, 0.2) is 30.3 Å². The van der Waals surface area contributed by atoms with Gasteiger partial charge in [-0.2, -0.15) is 0 Å². The second-order valence-corrected chi connectivity index (χ2v) is 3.06. The number of carbonyl (C=O) groups excluding carboxylic acids is 1. The summed E-state index contributed by atoms with van der Waals surface area (Å²) in [6.07, 6.45) is 0.858. The van der Waals surface area contributed by atoms with Gasteiger partial charge < -0.3 is 4.79 Å². The summed E-state index contributed by atoms with van der Waals surface area (Å²) in [5.41, 5.74) is -0.146. The minimum Gasteiger partial charge on any atom is -0.303 e. The van der Waals surface area contributed by atoms with Gasteiger partial charge in [-0.05, 0) is 12.5 Å². The summed E-state index contributed by atoms with van der Waals surface area (Å²) < 4.78 is 0. The summed E-state index contributed by atoms with van der Waals surface area (Å²) in [6, 6.07) is 9.14. The molecule has 0 saturated heterocycles. The largest absolute Gasteiger partial charge is 0.303 e. The van der Waals surface area contributed by atoms with Crippen molar-refractivity contribution in [3.05, 3.63) is 35.9 Å². The van der Waals surface area contributed by atoms with Crippen molar-refractivity contribution < 1.29 is 14.9 Å². The van der Waals surface area contributed by atoms with Crippen LogP contribution in [0.2, 0.25) is 0 Å². The van der Waals surface area contributed by atoms with Gasteiger partial charge in [0.1, 0.15) is 11.9 Å². The molecule has 13 heavy (non-hydrogen) atoms. The molecule has 70 valence electrons. The molecule has 1 aromatic rings. The number of rotatable bonds is 4. The lowest BCUT2D eigenvalue weighted by Gasteiger charge is -2.23. The third-order valence-electron chi connectivity index (χ3n) is 2.06.